The number of pyridine rings is 1. The summed E-state index contributed by atoms with van der Waals surface area (Å²) < 4.78 is 44.6. The predicted octanol–water partition coefficient (Wildman–Crippen LogP) is 3.69. The number of carbonyl (C=O) groups excluding carboxylic acids is 1. The van der Waals surface area contributed by atoms with Gasteiger partial charge in [-0.15, -0.1) is 0 Å². The second kappa shape index (κ2) is 7.40. The number of ether oxygens (including phenoxy) is 1. The molecule has 1 heterocycles. The summed E-state index contributed by atoms with van der Waals surface area (Å²) in [6.07, 6.45) is -1.23. The van der Waals surface area contributed by atoms with E-state index in [1.807, 2.05) is 13.8 Å². The highest BCUT2D eigenvalue weighted by Gasteiger charge is 2.47. The zero-order chi connectivity index (χ0) is 17.9. The summed E-state index contributed by atoms with van der Waals surface area (Å²) >= 11 is 0. The summed E-state index contributed by atoms with van der Waals surface area (Å²) in [6, 6.07) is 0. The highest BCUT2D eigenvalue weighted by Crippen LogP contribution is 2.41. The SMILES string of the molecule is COc1c(C)cnc(CNC(=O)[C@@H]2CCCC[C@@H]2C(F)(F)F)c1C. The normalized spacial score (nSPS) is 21.4. The molecular weight excluding hydrogens is 321 g/mol. The van der Waals surface area contributed by atoms with E-state index in [4.69, 9.17) is 4.74 Å². The van der Waals surface area contributed by atoms with Gasteiger partial charge in [0.1, 0.15) is 5.75 Å². The molecule has 4 nitrogen and oxygen atoms in total. The molecule has 0 spiro atoms. The van der Waals surface area contributed by atoms with Crippen molar-refractivity contribution >= 4 is 5.91 Å². The van der Waals surface area contributed by atoms with E-state index in [0.717, 1.165) is 11.1 Å². The van der Waals surface area contributed by atoms with Crippen LogP contribution in [-0.2, 0) is 11.3 Å². The summed E-state index contributed by atoms with van der Waals surface area (Å²) in [5, 5.41) is 2.63. The average Bonchev–Trinajstić information content (AvgIpc) is 2.53. The number of aromatic nitrogens is 1. The molecule has 24 heavy (non-hydrogen) atoms. The smallest absolute Gasteiger partial charge is 0.392 e. The summed E-state index contributed by atoms with van der Waals surface area (Å²) in [5.74, 6) is -2.42. The lowest BCUT2D eigenvalue weighted by molar-refractivity contribution is -0.198. The summed E-state index contributed by atoms with van der Waals surface area (Å²) in [4.78, 5) is 16.5. The molecule has 1 fully saturated rings. The van der Waals surface area contributed by atoms with Gasteiger partial charge in [-0.2, -0.15) is 13.2 Å². The number of rotatable bonds is 4. The third-order valence-electron chi connectivity index (χ3n) is 4.70. The van der Waals surface area contributed by atoms with Crippen molar-refractivity contribution in [1.29, 1.82) is 0 Å². The second-order valence-corrected chi connectivity index (χ2v) is 6.30. The fraction of sp³-hybridized carbons (Fsp3) is 0.647. The molecule has 1 aromatic heterocycles. The molecule has 0 saturated heterocycles. The van der Waals surface area contributed by atoms with Gasteiger partial charge in [0.2, 0.25) is 5.91 Å². The minimum atomic E-state index is -4.33. The minimum absolute atomic E-state index is 0.0250. The molecule has 0 bridgehead atoms. The Labute approximate surface area is 139 Å². The first-order valence-electron chi connectivity index (χ1n) is 8.09. The lowest BCUT2D eigenvalue weighted by Crippen LogP contribution is -2.42. The third-order valence-corrected chi connectivity index (χ3v) is 4.70. The molecule has 1 amide bonds. The number of carbonyl (C=O) groups is 1. The van der Waals surface area contributed by atoms with E-state index in [0.29, 0.717) is 24.3 Å². The molecule has 0 aromatic carbocycles. The molecule has 0 unspecified atom stereocenters. The summed E-state index contributed by atoms with van der Waals surface area (Å²) in [6.45, 7) is 3.78. The first-order chi connectivity index (χ1) is 11.3. The molecule has 1 N–H and O–H groups in total. The van der Waals surface area contributed by atoms with Crippen LogP contribution in [0.1, 0.15) is 42.5 Å². The fourth-order valence-corrected chi connectivity index (χ4v) is 3.39. The van der Waals surface area contributed by atoms with E-state index >= 15 is 0 Å². The number of hydrogen-bond acceptors (Lipinski definition) is 3. The molecular formula is C17H23F3N2O2. The van der Waals surface area contributed by atoms with Crippen LogP contribution >= 0.6 is 0 Å². The Morgan fingerprint density at radius 3 is 2.62 bits per heavy atom. The van der Waals surface area contributed by atoms with Gasteiger partial charge in [0.05, 0.1) is 25.3 Å². The molecule has 0 aliphatic heterocycles. The Bertz CT molecular complexity index is 602. The van der Waals surface area contributed by atoms with E-state index in [1.165, 1.54) is 0 Å². The molecule has 1 aromatic rings. The van der Waals surface area contributed by atoms with Gasteiger partial charge < -0.3 is 10.1 Å². The van der Waals surface area contributed by atoms with Crippen molar-refractivity contribution in [2.75, 3.05) is 7.11 Å². The van der Waals surface area contributed by atoms with Crippen molar-refractivity contribution in [3.8, 4) is 5.75 Å². The average molecular weight is 344 g/mol. The van der Waals surface area contributed by atoms with Gasteiger partial charge in [0, 0.05) is 23.2 Å². The zero-order valence-electron chi connectivity index (χ0n) is 14.2. The number of halogens is 3. The van der Waals surface area contributed by atoms with Gasteiger partial charge in [-0.1, -0.05) is 12.8 Å². The summed E-state index contributed by atoms with van der Waals surface area (Å²) in [7, 11) is 1.55. The molecule has 0 radical (unpaired) electrons. The van der Waals surface area contributed by atoms with Crippen molar-refractivity contribution in [3.05, 3.63) is 23.0 Å². The largest absolute Gasteiger partial charge is 0.496 e. The standard InChI is InChI=1S/C17H23F3N2O2/c1-10-8-21-14(11(2)15(10)24-3)9-22-16(23)12-6-4-5-7-13(12)17(18,19)20/h8,12-13H,4-7,9H2,1-3H3,(H,22,23)/t12-,13+/m1/s1. The number of amides is 1. The fourth-order valence-electron chi connectivity index (χ4n) is 3.39. The number of aryl methyl sites for hydroxylation is 1. The Hall–Kier alpha value is -1.79. The van der Waals surface area contributed by atoms with Crippen LogP contribution in [0.5, 0.6) is 5.75 Å². The molecule has 1 saturated carbocycles. The zero-order valence-corrected chi connectivity index (χ0v) is 14.2. The van der Waals surface area contributed by atoms with Crippen LogP contribution in [0.4, 0.5) is 13.2 Å². The van der Waals surface area contributed by atoms with Crippen molar-refractivity contribution in [3.63, 3.8) is 0 Å². The highest BCUT2D eigenvalue weighted by molar-refractivity contribution is 5.79. The third kappa shape index (κ3) is 3.99. The van der Waals surface area contributed by atoms with Crippen molar-refractivity contribution in [2.45, 2.75) is 52.3 Å². The van der Waals surface area contributed by atoms with Crippen LogP contribution < -0.4 is 10.1 Å². The molecule has 1 aliphatic rings. The second-order valence-electron chi connectivity index (χ2n) is 6.30. The maximum Gasteiger partial charge on any atom is 0.392 e. The number of hydrogen-bond donors (Lipinski definition) is 1. The number of methoxy groups -OCH3 is 1. The lowest BCUT2D eigenvalue weighted by Gasteiger charge is -2.32. The Morgan fingerprint density at radius 1 is 1.33 bits per heavy atom. The van der Waals surface area contributed by atoms with Crippen LogP contribution in [0.2, 0.25) is 0 Å². The van der Waals surface area contributed by atoms with Crippen LogP contribution in [0, 0.1) is 25.7 Å². The van der Waals surface area contributed by atoms with Gasteiger partial charge >= 0.3 is 6.18 Å². The van der Waals surface area contributed by atoms with Crippen LogP contribution in [0.3, 0.4) is 0 Å². The van der Waals surface area contributed by atoms with Gasteiger partial charge in [-0.05, 0) is 26.7 Å². The van der Waals surface area contributed by atoms with Gasteiger partial charge in [-0.25, -0.2) is 0 Å². The van der Waals surface area contributed by atoms with E-state index in [2.05, 4.69) is 10.3 Å². The minimum Gasteiger partial charge on any atom is -0.496 e. The van der Waals surface area contributed by atoms with Crippen LogP contribution in [0.25, 0.3) is 0 Å². The van der Waals surface area contributed by atoms with Crippen LogP contribution in [-0.4, -0.2) is 24.2 Å². The van der Waals surface area contributed by atoms with E-state index in [1.54, 1.807) is 13.3 Å². The number of nitrogens with zero attached hydrogens (tertiary/aromatic N) is 1. The Morgan fingerprint density at radius 2 is 2.00 bits per heavy atom. The van der Waals surface area contributed by atoms with Crippen molar-refractivity contribution in [2.24, 2.45) is 11.8 Å². The predicted molar refractivity (Wildman–Crippen MR) is 83.6 cm³/mol. The van der Waals surface area contributed by atoms with Gasteiger partial charge in [0.15, 0.2) is 0 Å². The Balaban J connectivity index is 2.07. The molecule has 7 heteroatoms. The van der Waals surface area contributed by atoms with Gasteiger partial charge in [0.25, 0.3) is 0 Å². The topological polar surface area (TPSA) is 51.2 Å². The maximum atomic E-state index is 13.1. The first-order valence-corrected chi connectivity index (χ1v) is 8.09. The monoisotopic (exact) mass is 344 g/mol. The number of nitrogens with one attached hydrogen (secondary N) is 1. The lowest BCUT2D eigenvalue weighted by atomic mass is 9.78. The van der Waals surface area contributed by atoms with E-state index in [-0.39, 0.29) is 19.4 Å². The highest BCUT2D eigenvalue weighted by atomic mass is 19.4. The Kier molecular flexibility index (Phi) is 5.72. The maximum absolute atomic E-state index is 13.1. The first kappa shape index (κ1) is 18.5. The van der Waals surface area contributed by atoms with E-state index in [9.17, 15) is 18.0 Å². The quantitative estimate of drug-likeness (QED) is 0.906. The molecule has 134 valence electrons. The van der Waals surface area contributed by atoms with E-state index < -0.39 is 23.9 Å². The van der Waals surface area contributed by atoms with Gasteiger partial charge in [-0.3, -0.25) is 9.78 Å². The number of alkyl halides is 3. The molecule has 1 aliphatic carbocycles. The molecule has 2 rings (SSSR count). The van der Waals surface area contributed by atoms with Crippen molar-refractivity contribution < 1.29 is 22.7 Å². The van der Waals surface area contributed by atoms with Crippen molar-refractivity contribution in [1.82, 2.24) is 10.3 Å². The molecule has 2 atom stereocenters. The summed E-state index contributed by atoms with van der Waals surface area (Å²) in [5.41, 5.74) is 2.26. The van der Waals surface area contributed by atoms with Crippen LogP contribution in [0.15, 0.2) is 6.20 Å².